The summed E-state index contributed by atoms with van der Waals surface area (Å²) in [5, 5.41) is 2.80. The van der Waals surface area contributed by atoms with Crippen LogP contribution in [0.4, 0.5) is 18.9 Å². The van der Waals surface area contributed by atoms with E-state index in [-0.39, 0.29) is 37.9 Å². The maximum atomic E-state index is 12.9. The predicted molar refractivity (Wildman–Crippen MR) is 97.4 cm³/mol. The van der Waals surface area contributed by atoms with Crippen molar-refractivity contribution in [3.05, 3.63) is 29.3 Å². The Hall–Kier alpha value is -2.09. The summed E-state index contributed by atoms with van der Waals surface area (Å²) in [6.45, 7) is 3.79. The molecule has 0 spiro atoms. The molecule has 2 amide bonds. The number of carbonyl (C=O) groups is 2. The average molecular weight is 385 g/mol. The van der Waals surface area contributed by atoms with Crippen molar-refractivity contribution in [2.45, 2.75) is 32.9 Å². The molecule has 0 aromatic heterocycles. The summed E-state index contributed by atoms with van der Waals surface area (Å²) in [6, 6.07) is 5.65. The number of halogens is 3. The highest BCUT2D eigenvalue weighted by Gasteiger charge is 2.42. The molecule has 0 radical (unpaired) electrons. The van der Waals surface area contributed by atoms with Crippen molar-refractivity contribution in [3.8, 4) is 0 Å². The van der Waals surface area contributed by atoms with Crippen molar-refractivity contribution < 1.29 is 22.8 Å². The summed E-state index contributed by atoms with van der Waals surface area (Å²) in [5.74, 6) is -2.10. The smallest absolute Gasteiger partial charge is 0.335 e. The molecule has 1 aliphatic heterocycles. The number of rotatable bonds is 5. The minimum atomic E-state index is -4.24. The first-order valence-electron chi connectivity index (χ1n) is 8.97. The third-order valence-corrected chi connectivity index (χ3v) is 4.88. The van der Waals surface area contributed by atoms with Gasteiger partial charge in [-0.05, 0) is 44.4 Å². The van der Waals surface area contributed by atoms with Crippen molar-refractivity contribution in [2.75, 3.05) is 38.5 Å². The van der Waals surface area contributed by atoms with Gasteiger partial charge in [0.05, 0.1) is 19.0 Å². The fourth-order valence-corrected chi connectivity index (χ4v) is 3.27. The van der Waals surface area contributed by atoms with Crippen LogP contribution in [0.2, 0.25) is 0 Å². The van der Waals surface area contributed by atoms with Crippen LogP contribution in [-0.4, -0.2) is 61.0 Å². The number of likely N-dealkylation sites (tertiary alicyclic amines) is 1. The van der Waals surface area contributed by atoms with E-state index in [1.54, 1.807) is 0 Å². The number of anilines is 1. The van der Waals surface area contributed by atoms with Crippen LogP contribution < -0.4 is 5.32 Å². The van der Waals surface area contributed by atoms with Crippen molar-refractivity contribution >= 4 is 17.5 Å². The number of likely N-dealkylation sites (N-methyl/N-ethyl adjacent to an activating group) is 1. The third-order valence-electron chi connectivity index (χ3n) is 4.88. The Morgan fingerprint density at radius 2 is 1.89 bits per heavy atom. The molecule has 1 aliphatic rings. The van der Waals surface area contributed by atoms with Gasteiger partial charge in [-0.2, -0.15) is 13.2 Å². The Labute approximate surface area is 157 Å². The van der Waals surface area contributed by atoms with Crippen LogP contribution in [0.15, 0.2) is 18.2 Å². The molecular weight excluding hydrogens is 359 g/mol. The largest absolute Gasteiger partial charge is 0.393 e. The Kier molecular flexibility index (Phi) is 6.86. The molecule has 1 fully saturated rings. The van der Waals surface area contributed by atoms with Crippen LogP contribution in [-0.2, 0) is 9.59 Å². The molecule has 8 heteroatoms. The number of aryl methyl sites for hydroxylation is 2. The fourth-order valence-electron chi connectivity index (χ4n) is 3.27. The molecule has 1 aromatic rings. The average Bonchev–Trinajstić information content (AvgIpc) is 2.57. The quantitative estimate of drug-likeness (QED) is 0.848. The second kappa shape index (κ2) is 8.73. The molecule has 0 aliphatic carbocycles. The van der Waals surface area contributed by atoms with E-state index in [1.165, 1.54) is 16.8 Å². The van der Waals surface area contributed by atoms with E-state index in [4.69, 9.17) is 0 Å². The Bertz CT molecular complexity index is 671. The Morgan fingerprint density at radius 1 is 1.26 bits per heavy atom. The van der Waals surface area contributed by atoms with Gasteiger partial charge >= 0.3 is 6.18 Å². The lowest BCUT2D eigenvalue weighted by molar-refractivity contribution is -0.187. The minimum absolute atomic E-state index is 0.0994. The second-order valence-electron chi connectivity index (χ2n) is 7.18. The van der Waals surface area contributed by atoms with Gasteiger partial charge in [0.1, 0.15) is 0 Å². The standard InChI is InChI=1S/C19H26F3N3O2/c1-13-6-4-7-14(2)18(13)23-16(26)11-24(3)17(27)12-25-9-5-8-15(10-25)19(20,21)22/h4,6-7,15H,5,8-12H2,1-3H3,(H,23,26). The number of alkyl halides is 3. The molecule has 2 rings (SSSR count). The molecule has 1 N–H and O–H groups in total. The number of benzene rings is 1. The molecule has 1 unspecified atom stereocenters. The van der Waals surface area contributed by atoms with Crippen LogP contribution >= 0.6 is 0 Å². The SMILES string of the molecule is Cc1cccc(C)c1NC(=O)CN(C)C(=O)CN1CCCC(C(F)(F)F)C1. The number of para-hydroxylation sites is 1. The number of amides is 2. The summed E-state index contributed by atoms with van der Waals surface area (Å²) in [5.41, 5.74) is 2.56. The van der Waals surface area contributed by atoms with Crippen LogP contribution in [0.25, 0.3) is 0 Å². The van der Waals surface area contributed by atoms with Gasteiger partial charge in [0.25, 0.3) is 0 Å². The number of hydrogen-bond donors (Lipinski definition) is 1. The molecule has 1 aromatic carbocycles. The number of hydrogen-bond acceptors (Lipinski definition) is 3. The van der Waals surface area contributed by atoms with Gasteiger partial charge in [-0.1, -0.05) is 18.2 Å². The zero-order valence-electron chi connectivity index (χ0n) is 15.9. The normalized spacial score (nSPS) is 18.2. The van der Waals surface area contributed by atoms with Crippen LogP contribution in [0.1, 0.15) is 24.0 Å². The van der Waals surface area contributed by atoms with Crippen molar-refractivity contribution in [3.63, 3.8) is 0 Å². The van der Waals surface area contributed by atoms with Gasteiger partial charge < -0.3 is 10.2 Å². The van der Waals surface area contributed by atoms with Gasteiger partial charge in [0.2, 0.25) is 11.8 Å². The van der Waals surface area contributed by atoms with Gasteiger partial charge in [-0.15, -0.1) is 0 Å². The zero-order chi connectivity index (χ0) is 20.2. The van der Waals surface area contributed by atoms with Crippen molar-refractivity contribution in [1.82, 2.24) is 9.80 Å². The van der Waals surface area contributed by atoms with E-state index in [0.717, 1.165) is 11.1 Å². The minimum Gasteiger partial charge on any atom is -0.335 e. The van der Waals surface area contributed by atoms with Gasteiger partial charge in [-0.3, -0.25) is 14.5 Å². The molecule has 0 bridgehead atoms. The summed E-state index contributed by atoms with van der Waals surface area (Å²) in [6.07, 6.45) is -3.73. The number of nitrogens with zero attached hydrogens (tertiary/aromatic N) is 2. The number of piperidine rings is 1. The Morgan fingerprint density at radius 3 is 2.48 bits per heavy atom. The van der Waals surface area contributed by atoms with Crippen LogP contribution in [0, 0.1) is 19.8 Å². The van der Waals surface area contributed by atoms with E-state index in [9.17, 15) is 22.8 Å². The molecular formula is C19H26F3N3O2. The highest BCUT2D eigenvalue weighted by atomic mass is 19.4. The van der Waals surface area contributed by atoms with Crippen LogP contribution in [0.5, 0.6) is 0 Å². The topological polar surface area (TPSA) is 52.7 Å². The lowest BCUT2D eigenvalue weighted by Gasteiger charge is -2.34. The van der Waals surface area contributed by atoms with E-state index in [2.05, 4.69) is 5.32 Å². The predicted octanol–water partition coefficient (Wildman–Crippen LogP) is 2.97. The summed E-state index contributed by atoms with van der Waals surface area (Å²) in [4.78, 5) is 27.3. The molecule has 1 saturated heterocycles. The molecule has 1 heterocycles. The maximum absolute atomic E-state index is 12.9. The lowest BCUT2D eigenvalue weighted by atomic mass is 9.97. The van der Waals surface area contributed by atoms with Crippen molar-refractivity contribution in [1.29, 1.82) is 0 Å². The maximum Gasteiger partial charge on any atom is 0.393 e. The van der Waals surface area contributed by atoms with E-state index < -0.39 is 12.1 Å². The number of nitrogens with one attached hydrogen (secondary N) is 1. The summed E-state index contributed by atoms with van der Waals surface area (Å²) < 4.78 is 38.6. The van der Waals surface area contributed by atoms with Gasteiger partial charge in [0, 0.05) is 19.3 Å². The van der Waals surface area contributed by atoms with E-state index >= 15 is 0 Å². The summed E-state index contributed by atoms with van der Waals surface area (Å²) in [7, 11) is 1.48. The Balaban J connectivity index is 1.87. The second-order valence-corrected chi connectivity index (χ2v) is 7.18. The molecule has 0 saturated carbocycles. The first-order chi connectivity index (χ1) is 12.6. The molecule has 27 heavy (non-hydrogen) atoms. The highest BCUT2D eigenvalue weighted by Crippen LogP contribution is 2.33. The third kappa shape index (κ3) is 5.95. The lowest BCUT2D eigenvalue weighted by Crippen LogP contribution is -2.47. The molecule has 1 atom stereocenters. The monoisotopic (exact) mass is 385 g/mol. The molecule has 5 nitrogen and oxygen atoms in total. The first-order valence-corrected chi connectivity index (χ1v) is 8.97. The summed E-state index contributed by atoms with van der Waals surface area (Å²) >= 11 is 0. The first kappa shape index (κ1) is 21.2. The fraction of sp³-hybridized carbons (Fsp3) is 0.579. The van der Waals surface area contributed by atoms with Crippen LogP contribution in [0.3, 0.4) is 0 Å². The zero-order valence-corrected chi connectivity index (χ0v) is 15.9. The highest BCUT2D eigenvalue weighted by molar-refractivity contribution is 5.95. The van der Waals surface area contributed by atoms with E-state index in [1.807, 2.05) is 32.0 Å². The van der Waals surface area contributed by atoms with Gasteiger partial charge in [0.15, 0.2) is 0 Å². The van der Waals surface area contributed by atoms with Gasteiger partial charge in [-0.25, -0.2) is 0 Å². The number of carbonyl (C=O) groups excluding carboxylic acids is 2. The van der Waals surface area contributed by atoms with Crippen molar-refractivity contribution in [2.24, 2.45) is 5.92 Å². The molecule has 150 valence electrons. The van der Waals surface area contributed by atoms with E-state index in [0.29, 0.717) is 18.7 Å².